The van der Waals surface area contributed by atoms with Gasteiger partial charge in [0, 0.05) is 6.42 Å². The summed E-state index contributed by atoms with van der Waals surface area (Å²) < 4.78 is 17.8. The van der Waals surface area contributed by atoms with Gasteiger partial charge in [-0.25, -0.2) is 4.98 Å². The number of hydrogen-bond acceptors (Lipinski definition) is 8. The quantitative estimate of drug-likeness (QED) is 0.354. The number of ether oxygens (including phenoxy) is 1. The number of aromatic amines is 1. The van der Waals surface area contributed by atoms with Gasteiger partial charge in [0.2, 0.25) is 5.95 Å². The minimum atomic E-state index is -4.44. The van der Waals surface area contributed by atoms with Crippen LogP contribution in [0.3, 0.4) is 0 Å². The zero-order valence-electron chi connectivity index (χ0n) is 11.9. The highest BCUT2D eigenvalue weighted by Gasteiger charge is 2.43. The highest BCUT2D eigenvalue weighted by molar-refractivity contribution is 7.52. The first-order chi connectivity index (χ1) is 10.3. The molecule has 3 rings (SSSR count). The van der Waals surface area contributed by atoms with Gasteiger partial charge in [-0.15, -0.1) is 0 Å². The lowest BCUT2D eigenvalue weighted by Gasteiger charge is -2.16. The third-order valence-corrected chi connectivity index (χ3v) is 4.53. The lowest BCUT2D eigenvalue weighted by Crippen LogP contribution is -2.26. The predicted octanol–water partition coefficient (Wildman–Crippen LogP) is -1.48. The van der Waals surface area contributed by atoms with Crippen LogP contribution < -0.4 is 17.4 Å². The molecule has 3 atom stereocenters. The number of rotatable bonds is 3. The Morgan fingerprint density at radius 1 is 1.52 bits per heavy atom. The molecule has 1 aliphatic heterocycles. The number of hydrogen-bond donors (Lipinski definition) is 6. The molecule has 0 radical (unpaired) electrons. The Morgan fingerprint density at radius 2 is 2.22 bits per heavy atom. The van der Waals surface area contributed by atoms with Gasteiger partial charge in [0.05, 0.1) is 19.0 Å². The number of aliphatic hydroxyl groups is 1. The second-order valence-electron chi connectivity index (χ2n) is 5.04. The molecule has 128 valence electrons. The fourth-order valence-corrected chi connectivity index (χ4v) is 3.19. The van der Waals surface area contributed by atoms with E-state index in [0.717, 1.165) is 0 Å². The monoisotopic (exact) mass is 348 g/mol. The molecule has 12 nitrogen and oxygen atoms in total. The van der Waals surface area contributed by atoms with Crippen LogP contribution in [-0.2, 0) is 15.8 Å². The zero-order chi connectivity index (χ0) is 16.1. The van der Waals surface area contributed by atoms with E-state index in [0.29, 0.717) is 0 Å². The maximum Gasteiger partial charge on any atom is 0.354 e. The van der Waals surface area contributed by atoms with Crippen LogP contribution in [0.2, 0.25) is 0 Å². The predicted molar refractivity (Wildman–Crippen MR) is 78.9 cm³/mol. The van der Waals surface area contributed by atoms with E-state index < -0.39 is 31.2 Å². The summed E-state index contributed by atoms with van der Waals surface area (Å²) in [5, 5.41) is 9.89. The number of nitrogen functional groups attached to an aromatic ring is 1. The molecule has 0 aliphatic carbocycles. The fourth-order valence-electron chi connectivity index (χ4n) is 2.39. The zero-order valence-corrected chi connectivity index (χ0v) is 12.8. The van der Waals surface area contributed by atoms with E-state index in [1.54, 1.807) is 0 Å². The molecule has 0 bridgehead atoms. The Balaban J connectivity index is 0.00000192. The van der Waals surface area contributed by atoms with Gasteiger partial charge >= 0.3 is 7.60 Å². The SMILES string of the molecule is N.Nc1nc2c(ncn2C[C@H]2O[C@@H](P(=O)(O)O)C[C@@H]2O)c(=O)[nH]1. The Hall–Kier alpha value is -1.82. The van der Waals surface area contributed by atoms with Crippen molar-refractivity contribution in [3.63, 3.8) is 0 Å². The first-order valence-corrected chi connectivity index (χ1v) is 8.03. The van der Waals surface area contributed by atoms with Gasteiger partial charge in [-0.1, -0.05) is 0 Å². The largest absolute Gasteiger partial charge is 0.390 e. The number of anilines is 1. The smallest absolute Gasteiger partial charge is 0.354 e. The Morgan fingerprint density at radius 3 is 2.83 bits per heavy atom. The summed E-state index contributed by atoms with van der Waals surface area (Å²) in [6.45, 7) is 0.0318. The van der Waals surface area contributed by atoms with E-state index in [1.807, 2.05) is 0 Å². The van der Waals surface area contributed by atoms with Crippen molar-refractivity contribution in [3.8, 4) is 0 Å². The molecule has 9 N–H and O–H groups in total. The average molecular weight is 348 g/mol. The number of nitrogens with two attached hydrogens (primary N) is 1. The molecule has 0 unspecified atom stereocenters. The number of imidazole rings is 1. The van der Waals surface area contributed by atoms with Crippen molar-refractivity contribution < 1.29 is 24.2 Å². The van der Waals surface area contributed by atoms with Crippen molar-refractivity contribution >= 4 is 24.7 Å². The highest BCUT2D eigenvalue weighted by atomic mass is 31.2. The molecule has 1 saturated heterocycles. The fraction of sp³-hybridized carbons (Fsp3) is 0.500. The minimum Gasteiger partial charge on any atom is -0.390 e. The van der Waals surface area contributed by atoms with E-state index in [9.17, 15) is 14.5 Å². The number of aromatic nitrogens is 4. The van der Waals surface area contributed by atoms with Crippen LogP contribution in [0.1, 0.15) is 6.42 Å². The lowest BCUT2D eigenvalue weighted by atomic mass is 10.2. The Labute approximate surface area is 129 Å². The molecular weight excluding hydrogens is 331 g/mol. The van der Waals surface area contributed by atoms with Gasteiger partial charge in [0.15, 0.2) is 17.0 Å². The average Bonchev–Trinajstić information content (AvgIpc) is 2.95. The van der Waals surface area contributed by atoms with E-state index in [2.05, 4.69) is 15.0 Å². The van der Waals surface area contributed by atoms with Crippen LogP contribution in [0.15, 0.2) is 11.1 Å². The van der Waals surface area contributed by atoms with E-state index in [1.165, 1.54) is 10.9 Å². The van der Waals surface area contributed by atoms with E-state index in [-0.39, 0.29) is 36.2 Å². The topological polar surface area (TPSA) is 212 Å². The Kier molecular flexibility index (Phi) is 4.57. The maximum absolute atomic E-state index is 11.7. The number of nitrogens with zero attached hydrogens (tertiary/aromatic N) is 3. The van der Waals surface area contributed by atoms with Crippen LogP contribution >= 0.6 is 7.60 Å². The van der Waals surface area contributed by atoms with Crippen LogP contribution in [0.4, 0.5) is 5.95 Å². The highest BCUT2D eigenvalue weighted by Crippen LogP contribution is 2.48. The molecule has 23 heavy (non-hydrogen) atoms. The van der Waals surface area contributed by atoms with Crippen LogP contribution in [0.5, 0.6) is 0 Å². The second kappa shape index (κ2) is 6.00. The van der Waals surface area contributed by atoms with Crippen LogP contribution in [0, 0.1) is 0 Å². The van der Waals surface area contributed by atoms with Gasteiger partial charge in [0.1, 0.15) is 6.10 Å². The molecule has 1 fully saturated rings. The molecule has 0 aromatic carbocycles. The molecule has 0 spiro atoms. The van der Waals surface area contributed by atoms with Gasteiger partial charge in [-0.2, -0.15) is 4.98 Å². The molecule has 2 aromatic heterocycles. The van der Waals surface area contributed by atoms with Crippen molar-refractivity contribution in [3.05, 3.63) is 16.7 Å². The summed E-state index contributed by atoms with van der Waals surface area (Å²) in [5.74, 6) is -1.43. The third kappa shape index (κ3) is 3.27. The summed E-state index contributed by atoms with van der Waals surface area (Å²) >= 11 is 0. The number of H-pyrrole nitrogens is 1. The molecule has 0 saturated carbocycles. The lowest BCUT2D eigenvalue weighted by molar-refractivity contribution is 0.0163. The second-order valence-corrected chi connectivity index (χ2v) is 6.80. The van der Waals surface area contributed by atoms with Crippen molar-refractivity contribution in [1.29, 1.82) is 0 Å². The number of fused-ring (bicyclic) bond motifs is 1. The molecule has 13 heteroatoms. The van der Waals surface area contributed by atoms with Gasteiger partial charge in [0.25, 0.3) is 5.56 Å². The maximum atomic E-state index is 11.7. The van der Waals surface area contributed by atoms with Gasteiger partial charge in [-0.05, 0) is 0 Å². The van der Waals surface area contributed by atoms with Gasteiger partial charge in [-0.3, -0.25) is 14.3 Å². The van der Waals surface area contributed by atoms with Crippen LogP contribution in [0.25, 0.3) is 11.2 Å². The van der Waals surface area contributed by atoms with Crippen LogP contribution in [-0.4, -0.2) is 52.5 Å². The Bertz CT molecular complexity index is 814. The normalized spacial score (nSPS) is 24.7. The first-order valence-electron chi connectivity index (χ1n) is 6.35. The number of nitrogens with one attached hydrogen (secondary N) is 1. The molecule has 1 aliphatic rings. The van der Waals surface area contributed by atoms with Gasteiger partial charge < -0.3 is 36.1 Å². The van der Waals surface area contributed by atoms with E-state index in [4.69, 9.17) is 20.3 Å². The molecule has 2 aromatic rings. The number of aliphatic hydroxyl groups excluding tert-OH is 1. The summed E-state index contributed by atoms with van der Waals surface area (Å²) in [7, 11) is -4.44. The summed E-state index contributed by atoms with van der Waals surface area (Å²) in [5.41, 5.74) is 5.26. The van der Waals surface area contributed by atoms with Crippen molar-refractivity contribution in [2.24, 2.45) is 0 Å². The third-order valence-electron chi connectivity index (χ3n) is 3.45. The summed E-state index contributed by atoms with van der Waals surface area (Å²) in [6, 6.07) is 0. The molecular formula is C10H17N6O6P. The minimum absolute atomic E-state index is 0. The van der Waals surface area contributed by atoms with Crippen molar-refractivity contribution in [2.45, 2.75) is 31.0 Å². The summed E-state index contributed by atoms with van der Waals surface area (Å²) in [6.07, 6.45) is -0.739. The summed E-state index contributed by atoms with van der Waals surface area (Å²) in [4.78, 5) is 40.0. The standard InChI is InChI=1S/C10H14N5O6P.H3N/c11-10-13-8-7(9(17)14-10)12-3-15(8)2-5-4(16)1-6(21-5)22(18,19)20;/h3-6,16H,1-2H2,(H2,18,19,20)(H3,11,13,14,17);1H3/t4-,5+,6-;/m0./s1. The molecule has 3 heterocycles. The van der Waals surface area contributed by atoms with E-state index >= 15 is 0 Å². The first kappa shape index (κ1) is 17.5. The van der Waals surface area contributed by atoms with Crippen molar-refractivity contribution in [1.82, 2.24) is 25.7 Å². The molecule has 0 amide bonds. The van der Waals surface area contributed by atoms with Crippen molar-refractivity contribution in [2.75, 3.05) is 5.73 Å².